The number of fused-ring (bicyclic) bond motifs is 1. The molecule has 44 heavy (non-hydrogen) atoms. The molecule has 1 aliphatic carbocycles. The first-order valence-corrected chi connectivity index (χ1v) is 15.2. The van der Waals surface area contributed by atoms with Gasteiger partial charge in [0, 0.05) is 18.6 Å². The summed E-state index contributed by atoms with van der Waals surface area (Å²) in [5.41, 5.74) is 0.737. The molecule has 0 saturated heterocycles. The molecule has 2 amide bonds. The lowest BCUT2D eigenvalue weighted by Gasteiger charge is -2.45. The summed E-state index contributed by atoms with van der Waals surface area (Å²) in [6.45, 7) is 5.23. The van der Waals surface area contributed by atoms with Crippen LogP contribution in [0.25, 0.3) is 0 Å². The van der Waals surface area contributed by atoms with Crippen LogP contribution in [-0.2, 0) is 29.7 Å². The van der Waals surface area contributed by atoms with Crippen molar-refractivity contribution in [1.82, 2.24) is 15.5 Å². The number of carboxylic acid groups (broad SMARTS) is 1. The van der Waals surface area contributed by atoms with Gasteiger partial charge in [-0.05, 0) is 68.7 Å². The third kappa shape index (κ3) is 8.04. The average molecular weight is 603 g/mol. The summed E-state index contributed by atoms with van der Waals surface area (Å²) >= 11 is 0. The summed E-state index contributed by atoms with van der Waals surface area (Å²) < 4.78 is 0. The van der Waals surface area contributed by atoms with Gasteiger partial charge in [0.25, 0.3) is 5.91 Å². The molecule has 0 aromatic heterocycles. The molecule has 1 aliphatic rings. The molecule has 9 nitrogen and oxygen atoms in total. The van der Waals surface area contributed by atoms with Gasteiger partial charge in [-0.15, -0.1) is 0 Å². The largest absolute Gasteiger partial charge is 0.530 e. The number of rotatable bonds is 13. The van der Waals surface area contributed by atoms with Gasteiger partial charge in [0.05, 0.1) is 24.3 Å². The van der Waals surface area contributed by atoms with E-state index in [1.807, 2.05) is 72.8 Å². The van der Waals surface area contributed by atoms with Crippen molar-refractivity contribution < 1.29 is 30.0 Å². The van der Waals surface area contributed by atoms with Crippen molar-refractivity contribution in [2.75, 3.05) is 13.1 Å². The number of benzene rings is 3. The van der Waals surface area contributed by atoms with E-state index in [2.05, 4.69) is 10.6 Å². The molecule has 236 valence electrons. The van der Waals surface area contributed by atoms with Crippen LogP contribution in [0, 0.1) is 0 Å². The maximum Gasteiger partial charge on any atom is 0.256 e. The van der Waals surface area contributed by atoms with E-state index >= 15 is 0 Å². The summed E-state index contributed by atoms with van der Waals surface area (Å²) in [4.78, 5) is 26.9. The minimum absolute atomic E-state index is 0.00273. The summed E-state index contributed by atoms with van der Waals surface area (Å²) in [5.74, 6) is -0.569. The van der Waals surface area contributed by atoms with Gasteiger partial charge in [-0.1, -0.05) is 84.9 Å². The second kappa shape index (κ2) is 14.3. The van der Waals surface area contributed by atoms with Crippen LogP contribution in [0.2, 0.25) is 0 Å². The van der Waals surface area contributed by atoms with E-state index in [9.17, 15) is 30.0 Å². The van der Waals surface area contributed by atoms with Crippen LogP contribution in [0.4, 0.5) is 4.79 Å². The topological polar surface area (TPSA) is 145 Å². The normalized spacial score (nSPS) is 19.0. The number of amides is 2. The van der Waals surface area contributed by atoms with Gasteiger partial charge in [-0.3, -0.25) is 4.79 Å². The molecule has 1 unspecified atom stereocenters. The van der Waals surface area contributed by atoms with Crippen LogP contribution < -0.4 is 15.7 Å². The molecule has 0 radical (unpaired) electrons. The first kappa shape index (κ1) is 33.1. The monoisotopic (exact) mass is 602 g/mol. The van der Waals surface area contributed by atoms with Crippen molar-refractivity contribution in [3.8, 4) is 0 Å². The molecule has 0 saturated carbocycles. The molecule has 9 heteroatoms. The van der Waals surface area contributed by atoms with Gasteiger partial charge in [0.1, 0.15) is 6.09 Å². The summed E-state index contributed by atoms with van der Waals surface area (Å²) in [6.07, 6.45) is -2.18. The molecule has 0 spiro atoms. The SMILES string of the molecule is CC(C)(C)N(C(=O)[O-])[C@@H](Cc1ccccc1)[C@H](O)CNC[C@@H](O)[C@H](Cc1ccccc1)NC(=O)C1(O)CCc2ccccc21. The Morgan fingerprint density at radius 3 is 2.00 bits per heavy atom. The lowest BCUT2D eigenvalue weighted by atomic mass is 9.93. The maximum atomic E-state index is 13.5. The number of carbonyl (C=O) groups excluding carboxylic acids is 2. The zero-order chi connectivity index (χ0) is 31.9. The van der Waals surface area contributed by atoms with Crippen molar-refractivity contribution >= 4 is 12.0 Å². The number of nitrogens with one attached hydrogen (secondary N) is 2. The number of hydrogen-bond acceptors (Lipinski definition) is 7. The summed E-state index contributed by atoms with van der Waals surface area (Å²) in [7, 11) is 0. The van der Waals surface area contributed by atoms with Crippen LogP contribution in [0.15, 0.2) is 84.9 Å². The first-order valence-electron chi connectivity index (χ1n) is 15.2. The van der Waals surface area contributed by atoms with Gasteiger partial charge >= 0.3 is 0 Å². The molecular weight excluding hydrogens is 558 g/mol. The number of aryl methyl sites for hydroxylation is 1. The highest BCUT2D eigenvalue weighted by Crippen LogP contribution is 2.37. The van der Waals surface area contributed by atoms with E-state index < -0.39 is 47.4 Å². The lowest BCUT2D eigenvalue weighted by Crippen LogP contribution is -2.62. The van der Waals surface area contributed by atoms with Gasteiger partial charge < -0.3 is 40.8 Å². The molecule has 0 fully saturated rings. The molecule has 0 bridgehead atoms. The Bertz CT molecular complexity index is 1380. The molecule has 0 heterocycles. The Morgan fingerprint density at radius 1 is 0.864 bits per heavy atom. The van der Waals surface area contributed by atoms with Gasteiger partial charge in [-0.25, -0.2) is 0 Å². The average Bonchev–Trinajstić information content (AvgIpc) is 3.34. The van der Waals surface area contributed by atoms with Crippen LogP contribution in [0.5, 0.6) is 0 Å². The smallest absolute Gasteiger partial charge is 0.256 e. The van der Waals surface area contributed by atoms with E-state index in [0.717, 1.165) is 16.7 Å². The number of nitrogens with zero attached hydrogens (tertiary/aromatic N) is 1. The van der Waals surface area contributed by atoms with E-state index in [-0.39, 0.29) is 25.9 Å². The molecular formula is C35H44N3O6-. The predicted octanol–water partition coefficient (Wildman–Crippen LogP) is 1.91. The maximum absolute atomic E-state index is 13.5. The molecule has 4 rings (SSSR count). The second-order valence-corrected chi connectivity index (χ2v) is 12.6. The summed E-state index contributed by atoms with van der Waals surface area (Å²) in [5, 5.41) is 52.2. The van der Waals surface area contributed by atoms with Crippen molar-refractivity contribution in [2.45, 2.75) is 81.9 Å². The van der Waals surface area contributed by atoms with Crippen molar-refractivity contribution in [3.63, 3.8) is 0 Å². The van der Waals surface area contributed by atoms with Gasteiger partial charge in [0.15, 0.2) is 5.60 Å². The fourth-order valence-corrected chi connectivity index (χ4v) is 6.09. The lowest BCUT2D eigenvalue weighted by molar-refractivity contribution is -0.275. The van der Waals surface area contributed by atoms with Crippen molar-refractivity contribution in [2.24, 2.45) is 0 Å². The molecule has 5 N–H and O–H groups in total. The third-order valence-corrected chi connectivity index (χ3v) is 8.36. The fraction of sp³-hybridized carbons (Fsp3) is 0.429. The number of carbonyl (C=O) groups is 2. The summed E-state index contributed by atoms with van der Waals surface area (Å²) in [6, 6.07) is 24.5. The molecule has 5 atom stereocenters. The predicted molar refractivity (Wildman–Crippen MR) is 167 cm³/mol. The van der Waals surface area contributed by atoms with Gasteiger partial charge in [0.2, 0.25) is 0 Å². The van der Waals surface area contributed by atoms with E-state index in [1.165, 1.54) is 4.90 Å². The first-order chi connectivity index (χ1) is 20.9. The zero-order valence-corrected chi connectivity index (χ0v) is 25.6. The second-order valence-electron chi connectivity index (χ2n) is 12.6. The Labute approximate surface area is 259 Å². The standard InChI is InChI=1S/C35H45N3O6/c1-34(2,3)38(33(42)43)29(21-25-14-8-5-9-15-25)31(40)23-36-22-30(39)28(20-24-12-6-4-7-13-24)37-32(41)35(44)19-18-26-16-10-11-17-27(26)35/h4-17,28-31,36,39-40,44H,18-23H2,1-3H3,(H,37,41)(H,42,43)/p-1/t28-,29-,30+,31+,35?/m0/s1. The Kier molecular flexibility index (Phi) is 10.8. The van der Waals surface area contributed by atoms with Crippen LogP contribution >= 0.6 is 0 Å². The highest BCUT2D eigenvalue weighted by atomic mass is 16.4. The highest BCUT2D eigenvalue weighted by molar-refractivity contribution is 5.88. The highest BCUT2D eigenvalue weighted by Gasteiger charge is 2.44. The van der Waals surface area contributed by atoms with E-state index in [4.69, 9.17) is 0 Å². The number of hydrogen-bond donors (Lipinski definition) is 5. The third-order valence-electron chi connectivity index (χ3n) is 8.36. The van der Waals surface area contributed by atoms with Crippen LogP contribution in [0.1, 0.15) is 49.4 Å². The van der Waals surface area contributed by atoms with E-state index in [0.29, 0.717) is 18.4 Å². The Balaban J connectivity index is 1.47. The fourth-order valence-electron chi connectivity index (χ4n) is 6.09. The van der Waals surface area contributed by atoms with E-state index in [1.54, 1.807) is 32.9 Å². The quantitative estimate of drug-likeness (QED) is 0.201. The van der Waals surface area contributed by atoms with Crippen LogP contribution in [0.3, 0.4) is 0 Å². The number of aliphatic hydroxyl groups is 3. The minimum Gasteiger partial charge on any atom is -0.530 e. The Morgan fingerprint density at radius 2 is 1.41 bits per heavy atom. The number of aliphatic hydroxyl groups excluding tert-OH is 2. The zero-order valence-electron chi connectivity index (χ0n) is 25.6. The van der Waals surface area contributed by atoms with Crippen molar-refractivity contribution in [3.05, 3.63) is 107 Å². The Hall–Kier alpha value is -3.76. The van der Waals surface area contributed by atoms with Crippen molar-refractivity contribution in [1.29, 1.82) is 0 Å². The van der Waals surface area contributed by atoms with Crippen LogP contribution in [-0.4, -0.2) is 75.1 Å². The van der Waals surface area contributed by atoms with Gasteiger partial charge in [-0.2, -0.15) is 0 Å². The minimum atomic E-state index is -1.69. The molecule has 3 aromatic carbocycles. The molecule has 3 aromatic rings. The molecule has 0 aliphatic heterocycles.